The molecule has 6 heteroatoms. The van der Waals surface area contributed by atoms with Crippen molar-refractivity contribution < 1.29 is 4.79 Å². The molecule has 0 saturated carbocycles. The molecule has 0 aromatic carbocycles. The van der Waals surface area contributed by atoms with Crippen LogP contribution in [0, 0.1) is 5.92 Å². The van der Waals surface area contributed by atoms with Gasteiger partial charge in [0, 0.05) is 33.1 Å². The van der Waals surface area contributed by atoms with Crippen molar-refractivity contribution in [1.29, 1.82) is 0 Å². The molecule has 0 aliphatic carbocycles. The van der Waals surface area contributed by atoms with Crippen LogP contribution in [0.5, 0.6) is 0 Å². The van der Waals surface area contributed by atoms with Gasteiger partial charge in [-0.1, -0.05) is 6.92 Å². The van der Waals surface area contributed by atoms with Gasteiger partial charge in [-0.05, 0) is 19.3 Å². The smallest absolute Gasteiger partial charge is 0.222 e. The first-order valence-electron chi connectivity index (χ1n) is 6.86. The van der Waals surface area contributed by atoms with E-state index in [9.17, 15) is 4.79 Å². The third-order valence-electron chi connectivity index (χ3n) is 3.88. The van der Waals surface area contributed by atoms with Gasteiger partial charge in [-0.15, -0.1) is 0 Å². The second-order valence-corrected chi connectivity index (χ2v) is 5.04. The van der Waals surface area contributed by atoms with Crippen LogP contribution in [0.2, 0.25) is 0 Å². The van der Waals surface area contributed by atoms with Crippen LogP contribution in [0.1, 0.15) is 25.5 Å². The molecule has 1 aromatic heterocycles. The Labute approximate surface area is 113 Å². The van der Waals surface area contributed by atoms with Crippen molar-refractivity contribution in [2.24, 2.45) is 13.0 Å². The highest BCUT2D eigenvalue weighted by atomic mass is 16.1. The number of anilines is 2. The highest BCUT2D eigenvalue weighted by Crippen LogP contribution is 2.30. The van der Waals surface area contributed by atoms with Crippen LogP contribution in [0.4, 0.5) is 11.5 Å². The number of nitrogens with two attached hydrogens (primary N) is 1. The lowest BCUT2D eigenvalue weighted by Crippen LogP contribution is -2.40. The molecule has 0 unspecified atom stereocenters. The molecule has 19 heavy (non-hydrogen) atoms. The Bertz CT molecular complexity index is 460. The normalized spacial score (nSPS) is 16.7. The molecule has 3 N–H and O–H groups in total. The highest BCUT2D eigenvalue weighted by Gasteiger charge is 2.27. The fourth-order valence-corrected chi connectivity index (χ4v) is 2.78. The number of nitrogens with one attached hydrogen (secondary N) is 1. The standard InChI is InChI=1S/C13H23N5O/c1-4-10-11(14)13(17(3)16-10)18-7-5-9(6-8-18)12(19)15-2/h9H,4-8,14H2,1-3H3,(H,15,19). The lowest BCUT2D eigenvalue weighted by atomic mass is 9.96. The van der Waals surface area contributed by atoms with Crippen molar-refractivity contribution in [2.75, 3.05) is 30.8 Å². The predicted molar refractivity (Wildman–Crippen MR) is 76.0 cm³/mol. The Morgan fingerprint density at radius 1 is 1.47 bits per heavy atom. The molecule has 2 heterocycles. The van der Waals surface area contributed by atoms with Gasteiger partial charge in [0.2, 0.25) is 5.91 Å². The summed E-state index contributed by atoms with van der Waals surface area (Å²) in [5.41, 5.74) is 7.89. The average molecular weight is 265 g/mol. The number of carbonyl (C=O) groups is 1. The molecular formula is C13H23N5O. The van der Waals surface area contributed by atoms with Gasteiger partial charge in [-0.3, -0.25) is 9.48 Å². The van der Waals surface area contributed by atoms with E-state index in [1.807, 2.05) is 11.7 Å². The first-order chi connectivity index (χ1) is 9.08. The first kappa shape index (κ1) is 13.7. The van der Waals surface area contributed by atoms with Gasteiger partial charge in [0.25, 0.3) is 0 Å². The summed E-state index contributed by atoms with van der Waals surface area (Å²) in [5.74, 6) is 1.26. The number of nitrogens with zero attached hydrogens (tertiary/aromatic N) is 3. The fraction of sp³-hybridized carbons (Fsp3) is 0.692. The van der Waals surface area contributed by atoms with Crippen molar-refractivity contribution in [1.82, 2.24) is 15.1 Å². The van der Waals surface area contributed by atoms with Gasteiger partial charge < -0.3 is 16.0 Å². The fourth-order valence-electron chi connectivity index (χ4n) is 2.78. The SMILES string of the molecule is CCc1nn(C)c(N2CCC(C(=O)NC)CC2)c1N. The van der Waals surface area contributed by atoms with Crippen LogP contribution in [-0.4, -0.2) is 35.8 Å². The molecular weight excluding hydrogens is 242 g/mol. The molecule has 0 atom stereocenters. The highest BCUT2D eigenvalue weighted by molar-refractivity contribution is 5.78. The number of rotatable bonds is 3. The zero-order valence-corrected chi connectivity index (χ0v) is 11.9. The second kappa shape index (κ2) is 5.50. The summed E-state index contributed by atoms with van der Waals surface area (Å²) in [6, 6.07) is 0. The number of nitrogen functional groups attached to an aromatic ring is 1. The quantitative estimate of drug-likeness (QED) is 0.835. The van der Waals surface area contributed by atoms with Crippen LogP contribution in [-0.2, 0) is 18.3 Å². The molecule has 1 saturated heterocycles. The van der Waals surface area contributed by atoms with Gasteiger partial charge >= 0.3 is 0 Å². The largest absolute Gasteiger partial charge is 0.394 e. The molecule has 1 amide bonds. The molecule has 6 nitrogen and oxygen atoms in total. The Morgan fingerprint density at radius 3 is 2.58 bits per heavy atom. The molecule has 1 aliphatic heterocycles. The van der Waals surface area contributed by atoms with E-state index in [1.54, 1.807) is 7.05 Å². The van der Waals surface area contributed by atoms with Crippen molar-refractivity contribution in [2.45, 2.75) is 26.2 Å². The van der Waals surface area contributed by atoms with Crippen molar-refractivity contribution in [3.8, 4) is 0 Å². The van der Waals surface area contributed by atoms with Crippen LogP contribution in [0.25, 0.3) is 0 Å². The summed E-state index contributed by atoms with van der Waals surface area (Å²) in [7, 11) is 3.62. The minimum atomic E-state index is 0.126. The van der Waals surface area contributed by atoms with Crippen LogP contribution in [0.3, 0.4) is 0 Å². The maximum absolute atomic E-state index is 11.6. The number of hydrogen-bond donors (Lipinski definition) is 2. The minimum Gasteiger partial charge on any atom is -0.394 e. The van der Waals surface area contributed by atoms with E-state index in [0.717, 1.165) is 49.6 Å². The minimum absolute atomic E-state index is 0.126. The van der Waals surface area contributed by atoms with Crippen molar-refractivity contribution in [3.63, 3.8) is 0 Å². The first-order valence-corrected chi connectivity index (χ1v) is 6.86. The molecule has 1 aliphatic rings. The lowest BCUT2D eigenvalue weighted by molar-refractivity contribution is -0.125. The topological polar surface area (TPSA) is 76.2 Å². The zero-order valence-electron chi connectivity index (χ0n) is 11.9. The molecule has 0 bridgehead atoms. The van der Waals surface area contributed by atoms with E-state index in [-0.39, 0.29) is 11.8 Å². The number of aryl methyl sites for hydroxylation is 2. The molecule has 106 valence electrons. The maximum atomic E-state index is 11.6. The molecule has 0 radical (unpaired) electrons. The Hall–Kier alpha value is -1.72. The van der Waals surface area contributed by atoms with Crippen molar-refractivity contribution in [3.05, 3.63) is 5.69 Å². The van der Waals surface area contributed by atoms with E-state index in [1.165, 1.54) is 0 Å². The summed E-state index contributed by atoms with van der Waals surface area (Å²) >= 11 is 0. The van der Waals surface area contributed by atoms with Gasteiger partial charge in [-0.2, -0.15) is 5.10 Å². The van der Waals surface area contributed by atoms with E-state index < -0.39 is 0 Å². The van der Waals surface area contributed by atoms with Crippen LogP contribution < -0.4 is 16.0 Å². The summed E-state index contributed by atoms with van der Waals surface area (Å²) < 4.78 is 1.86. The van der Waals surface area contributed by atoms with Gasteiger partial charge in [0.05, 0.1) is 11.4 Å². The Balaban J connectivity index is 2.10. The van der Waals surface area contributed by atoms with E-state index in [4.69, 9.17) is 5.73 Å². The average Bonchev–Trinajstić information content (AvgIpc) is 2.72. The molecule has 1 aromatic rings. The number of hydrogen-bond acceptors (Lipinski definition) is 4. The number of amides is 1. The predicted octanol–water partition coefficient (Wildman–Crippen LogP) is 0.527. The number of piperidine rings is 1. The lowest BCUT2D eigenvalue weighted by Gasteiger charge is -2.32. The summed E-state index contributed by atoms with van der Waals surface area (Å²) in [6.45, 7) is 3.76. The van der Waals surface area contributed by atoms with E-state index in [2.05, 4.69) is 22.2 Å². The summed E-state index contributed by atoms with van der Waals surface area (Å²) in [6.07, 6.45) is 2.58. The van der Waals surface area contributed by atoms with Crippen LogP contribution in [0.15, 0.2) is 0 Å². The molecule has 2 rings (SSSR count). The second-order valence-electron chi connectivity index (χ2n) is 5.04. The van der Waals surface area contributed by atoms with Crippen molar-refractivity contribution >= 4 is 17.4 Å². The van der Waals surface area contributed by atoms with E-state index >= 15 is 0 Å². The zero-order chi connectivity index (χ0) is 14.0. The Kier molecular flexibility index (Phi) is 3.97. The molecule has 0 spiro atoms. The third kappa shape index (κ3) is 2.52. The van der Waals surface area contributed by atoms with Gasteiger partial charge in [-0.25, -0.2) is 0 Å². The Morgan fingerprint density at radius 2 is 2.11 bits per heavy atom. The monoisotopic (exact) mass is 265 g/mol. The third-order valence-corrected chi connectivity index (χ3v) is 3.88. The number of aromatic nitrogens is 2. The van der Waals surface area contributed by atoms with Gasteiger partial charge in [0.1, 0.15) is 5.82 Å². The molecule has 1 fully saturated rings. The number of carbonyl (C=O) groups excluding carboxylic acids is 1. The van der Waals surface area contributed by atoms with Gasteiger partial charge in [0.15, 0.2) is 0 Å². The van der Waals surface area contributed by atoms with E-state index in [0.29, 0.717) is 0 Å². The summed E-state index contributed by atoms with van der Waals surface area (Å²) in [4.78, 5) is 13.9. The maximum Gasteiger partial charge on any atom is 0.222 e. The van der Waals surface area contributed by atoms with Crippen LogP contribution >= 0.6 is 0 Å². The summed E-state index contributed by atoms with van der Waals surface area (Å²) in [5, 5.41) is 7.17.